The predicted octanol–water partition coefficient (Wildman–Crippen LogP) is 1.43. The highest BCUT2D eigenvalue weighted by atomic mass is 35.5. The molecule has 1 aromatic rings. The number of carboxylic acid groups (broad SMARTS) is 1. The molecule has 5 N–H and O–H groups in total. The largest absolute Gasteiger partial charge is 0.478 e. The van der Waals surface area contributed by atoms with Gasteiger partial charge in [0.15, 0.2) is 0 Å². The van der Waals surface area contributed by atoms with E-state index < -0.39 is 17.9 Å². The first-order valence-corrected chi connectivity index (χ1v) is 6.13. The third-order valence-electron chi connectivity index (χ3n) is 2.29. The Kier molecular flexibility index (Phi) is 5.79. The molecule has 3 amide bonds. The number of anilines is 1. The average Bonchev–Trinajstić information content (AvgIpc) is 2.33. The molecule has 0 atom stereocenters. The van der Waals surface area contributed by atoms with Gasteiger partial charge in [0.1, 0.15) is 0 Å². The number of primary amides is 1. The van der Waals surface area contributed by atoms with Crippen LogP contribution in [-0.4, -0.2) is 29.6 Å². The predicted molar refractivity (Wildman–Crippen MR) is 73.9 cm³/mol. The third-order valence-corrected chi connectivity index (χ3v) is 2.51. The first-order chi connectivity index (χ1) is 9.38. The third kappa shape index (κ3) is 5.57. The number of carbonyl (C=O) groups is 3. The maximum Gasteiger partial charge on any atom is 0.335 e. The lowest BCUT2D eigenvalue weighted by molar-refractivity contribution is -0.118. The minimum absolute atomic E-state index is 0.0264. The summed E-state index contributed by atoms with van der Waals surface area (Å²) < 4.78 is 0. The van der Waals surface area contributed by atoms with Crippen molar-refractivity contribution in [3.63, 3.8) is 0 Å². The fourth-order valence-electron chi connectivity index (χ4n) is 1.43. The second-order valence-corrected chi connectivity index (χ2v) is 4.42. The highest BCUT2D eigenvalue weighted by molar-refractivity contribution is 6.31. The molecule has 0 spiro atoms. The summed E-state index contributed by atoms with van der Waals surface area (Å²) in [6, 6.07) is 3.47. The lowest BCUT2D eigenvalue weighted by atomic mass is 10.2. The van der Waals surface area contributed by atoms with E-state index in [9.17, 15) is 14.4 Å². The van der Waals surface area contributed by atoms with Crippen LogP contribution in [-0.2, 0) is 4.79 Å². The van der Waals surface area contributed by atoms with Crippen LogP contribution in [0.4, 0.5) is 10.5 Å². The number of carbonyl (C=O) groups excluding carboxylic acids is 2. The molecule has 108 valence electrons. The number of halogens is 1. The van der Waals surface area contributed by atoms with Crippen LogP contribution in [0, 0.1) is 0 Å². The molecule has 7 nitrogen and oxygen atoms in total. The van der Waals surface area contributed by atoms with Gasteiger partial charge in [0.2, 0.25) is 5.91 Å². The van der Waals surface area contributed by atoms with Gasteiger partial charge in [-0.2, -0.15) is 0 Å². The van der Waals surface area contributed by atoms with Crippen LogP contribution in [0.25, 0.3) is 0 Å². The van der Waals surface area contributed by atoms with Gasteiger partial charge in [-0.1, -0.05) is 11.6 Å². The monoisotopic (exact) mass is 299 g/mol. The highest BCUT2D eigenvalue weighted by Gasteiger charge is 2.08. The Bertz CT molecular complexity index is 533. The number of carboxylic acids is 1. The molecule has 0 saturated heterocycles. The van der Waals surface area contributed by atoms with Gasteiger partial charge in [-0.05, 0) is 24.6 Å². The van der Waals surface area contributed by atoms with Crippen molar-refractivity contribution in [2.24, 2.45) is 5.73 Å². The van der Waals surface area contributed by atoms with Gasteiger partial charge in [-0.15, -0.1) is 0 Å². The first-order valence-electron chi connectivity index (χ1n) is 5.75. The van der Waals surface area contributed by atoms with Crippen LogP contribution >= 0.6 is 11.6 Å². The standard InChI is InChI=1S/C12H14ClN3O4/c13-8-4-7(11(18)19)5-9(6-8)16-12(20)15-3-1-2-10(14)17/h4-6H,1-3H2,(H2,14,17)(H,18,19)(H2,15,16,20). The van der Waals surface area contributed by atoms with Gasteiger partial charge in [-0.25, -0.2) is 9.59 Å². The van der Waals surface area contributed by atoms with Crippen molar-refractivity contribution < 1.29 is 19.5 Å². The molecule has 8 heteroatoms. The number of urea groups is 1. The first kappa shape index (κ1) is 15.8. The summed E-state index contributed by atoms with van der Waals surface area (Å²) in [6.07, 6.45) is 0.610. The number of hydrogen-bond donors (Lipinski definition) is 4. The fourth-order valence-corrected chi connectivity index (χ4v) is 1.66. The Hall–Kier alpha value is -2.28. The van der Waals surface area contributed by atoms with Gasteiger partial charge in [0.05, 0.1) is 5.56 Å². The van der Waals surface area contributed by atoms with Crippen molar-refractivity contribution in [1.82, 2.24) is 5.32 Å². The number of hydrogen-bond acceptors (Lipinski definition) is 3. The number of nitrogens with two attached hydrogens (primary N) is 1. The second-order valence-electron chi connectivity index (χ2n) is 3.98. The second kappa shape index (κ2) is 7.34. The molecule has 0 aliphatic heterocycles. The molecule has 1 aromatic carbocycles. The Balaban J connectivity index is 2.53. The zero-order valence-corrected chi connectivity index (χ0v) is 11.2. The number of amides is 3. The van der Waals surface area contributed by atoms with E-state index in [0.29, 0.717) is 6.42 Å². The Morgan fingerprint density at radius 2 is 1.95 bits per heavy atom. The highest BCUT2D eigenvalue weighted by Crippen LogP contribution is 2.19. The average molecular weight is 300 g/mol. The number of nitrogens with one attached hydrogen (secondary N) is 2. The lowest BCUT2D eigenvalue weighted by Gasteiger charge is -2.08. The van der Waals surface area contributed by atoms with Crippen LogP contribution in [0.2, 0.25) is 5.02 Å². The van der Waals surface area contributed by atoms with Gasteiger partial charge in [0, 0.05) is 23.7 Å². The van der Waals surface area contributed by atoms with E-state index in [-0.39, 0.29) is 29.2 Å². The lowest BCUT2D eigenvalue weighted by Crippen LogP contribution is -2.30. The van der Waals surface area contributed by atoms with E-state index in [2.05, 4.69) is 10.6 Å². The molecule has 0 bridgehead atoms. The van der Waals surface area contributed by atoms with Crippen molar-refractivity contribution in [1.29, 1.82) is 0 Å². The normalized spacial score (nSPS) is 9.85. The van der Waals surface area contributed by atoms with Crippen molar-refractivity contribution >= 4 is 35.2 Å². The number of rotatable bonds is 6. The molecule has 0 aromatic heterocycles. The van der Waals surface area contributed by atoms with Crippen LogP contribution in [0.3, 0.4) is 0 Å². The molecule has 0 aliphatic rings. The number of benzene rings is 1. The van der Waals surface area contributed by atoms with Crippen molar-refractivity contribution in [3.05, 3.63) is 28.8 Å². The molecule has 0 radical (unpaired) electrons. The Morgan fingerprint density at radius 1 is 1.25 bits per heavy atom. The molecule has 20 heavy (non-hydrogen) atoms. The summed E-state index contributed by atoms with van der Waals surface area (Å²) in [6.45, 7) is 0.279. The van der Waals surface area contributed by atoms with E-state index in [4.69, 9.17) is 22.4 Å². The van der Waals surface area contributed by atoms with Crippen LogP contribution in [0.15, 0.2) is 18.2 Å². The molecule has 0 saturated carbocycles. The van der Waals surface area contributed by atoms with E-state index in [0.717, 1.165) is 0 Å². The maximum atomic E-state index is 11.5. The minimum atomic E-state index is -1.14. The van der Waals surface area contributed by atoms with Gasteiger partial charge in [-0.3, -0.25) is 4.79 Å². The molecule has 1 rings (SSSR count). The van der Waals surface area contributed by atoms with Crippen molar-refractivity contribution in [2.75, 3.05) is 11.9 Å². The van der Waals surface area contributed by atoms with Crippen molar-refractivity contribution in [2.45, 2.75) is 12.8 Å². The zero-order valence-electron chi connectivity index (χ0n) is 10.5. The molecule has 0 aliphatic carbocycles. The topological polar surface area (TPSA) is 122 Å². The van der Waals surface area contributed by atoms with Gasteiger partial charge >= 0.3 is 12.0 Å². The van der Waals surface area contributed by atoms with Crippen LogP contribution in [0.1, 0.15) is 23.2 Å². The summed E-state index contributed by atoms with van der Waals surface area (Å²) >= 11 is 5.75. The van der Waals surface area contributed by atoms with Gasteiger partial charge in [0.25, 0.3) is 0 Å². The van der Waals surface area contributed by atoms with E-state index in [1.54, 1.807) is 0 Å². The molecule has 0 fully saturated rings. The molecule has 0 unspecified atom stereocenters. The van der Waals surface area contributed by atoms with Crippen LogP contribution in [0.5, 0.6) is 0 Å². The summed E-state index contributed by atoms with van der Waals surface area (Å²) in [5, 5.41) is 14.0. The smallest absolute Gasteiger partial charge is 0.335 e. The van der Waals surface area contributed by atoms with Gasteiger partial charge < -0.3 is 21.5 Å². The zero-order chi connectivity index (χ0) is 15.1. The Labute approximate surface area is 120 Å². The quantitative estimate of drug-likeness (QED) is 0.593. The minimum Gasteiger partial charge on any atom is -0.478 e. The summed E-state index contributed by atoms with van der Waals surface area (Å²) in [7, 11) is 0. The summed E-state index contributed by atoms with van der Waals surface area (Å²) in [5.41, 5.74) is 5.20. The summed E-state index contributed by atoms with van der Waals surface area (Å²) in [5.74, 6) is -1.58. The SMILES string of the molecule is NC(=O)CCCNC(=O)Nc1cc(Cl)cc(C(=O)O)c1. The van der Waals surface area contributed by atoms with E-state index in [1.807, 2.05) is 0 Å². The van der Waals surface area contributed by atoms with E-state index >= 15 is 0 Å². The Morgan fingerprint density at radius 3 is 2.55 bits per heavy atom. The number of aromatic carboxylic acids is 1. The van der Waals surface area contributed by atoms with Crippen molar-refractivity contribution in [3.8, 4) is 0 Å². The fraction of sp³-hybridized carbons (Fsp3) is 0.250. The summed E-state index contributed by atoms with van der Waals surface area (Å²) in [4.78, 5) is 32.9. The maximum absolute atomic E-state index is 11.5. The molecular formula is C12H14ClN3O4. The van der Waals surface area contributed by atoms with Crippen LogP contribution < -0.4 is 16.4 Å². The molecule has 0 heterocycles. The molecular weight excluding hydrogens is 286 g/mol. The van der Waals surface area contributed by atoms with E-state index in [1.165, 1.54) is 18.2 Å².